The highest BCUT2D eigenvalue weighted by Crippen LogP contribution is 2.25. The van der Waals surface area contributed by atoms with Crippen LogP contribution in [0.15, 0.2) is 48.8 Å². The van der Waals surface area contributed by atoms with Gasteiger partial charge < -0.3 is 9.84 Å². The fraction of sp³-hybridized carbons (Fsp3) is 0.0556. The highest BCUT2D eigenvalue weighted by Gasteiger charge is 2.30. The lowest BCUT2D eigenvalue weighted by atomic mass is 10.2. The first-order valence-electron chi connectivity index (χ1n) is 7.95. The Morgan fingerprint density at radius 2 is 1.90 bits per heavy atom. The minimum atomic E-state index is -4.75. The van der Waals surface area contributed by atoms with Gasteiger partial charge in [0.2, 0.25) is 0 Å². The molecule has 3 aromatic rings. The van der Waals surface area contributed by atoms with Crippen LogP contribution in [0.2, 0.25) is 5.02 Å². The number of anilines is 1. The van der Waals surface area contributed by atoms with Crippen LogP contribution in [-0.4, -0.2) is 32.3 Å². The predicted molar refractivity (Wildman–Crippen MR) is 100 cm³/mol. The van der Waals surface area contributed by atoms with Crippen molar-refractivity contribution >= 4 is 35.5 Å². The molecule has 1 aromatic heterocycles. The van der Waals surface area contributed by atoms with Crippen molar-refractivity contribution in [3.05, 3.63) is 65.2 Å². The van der Waals surface area contributed by atoms with E-state index in [1.165, 1.54) is 41.3 Å². The van der Waals surface area contributed by atoms with Gasteiger partial charge in [-0.3, -0.25) is 5.32 Å². The number of rotatable bonds is 5. The summed E-state index contributed by atoms with van der Waals surface area (Å²) in [5.74, 6) is 0.0173. The molecule has 0 bridgehead atoms. The fourth-order valence-corrected chi connectivity index (χ4v) is 2.54. The number of benzene rings is 2. The van der Waals surface area contributed by atoms with Crippen LogP contribution in [0.25, 0.3) is 17.8 Å². The number of amides is 1. The van der Waals surface area contributed by atoms with Crippen molar-refractivity contribution in [2.24, 2.45) is 0 Å². The first kappa shape index (κ1) is 20.2. The molecule has 0 radical (unpaired) electrons. The van der Waals surface area contributed by atoms with E-state index in [1.54, 1.807) is 24.3 Å². The van der Waals surface area contributed by atoms with Gasteiger partial charge in [0.05, 0.1) is 16.4 Å². The molecule has 2 aromatic carbocycles. The molecule has 2 N–H and O–H groups in total. The Bertz CT molecular complexity index is 1050. The molecule has 0 aliphatic rings. The van der Waals surface area contributed by atoms with Crippen LogP contribution in [0, 0.1) is 0 Å². The molecule has 0 saturated carbocycles. The maximum absolute atomic E-state index is 12.2. The lowest BCUT2D eigenvalue weighted by Crippen LogP contribution is -2.17. The topological polar surface area (TPSA) is 89.3 Å². The Hall–Kier alpha value is -3.53. The van der Waals surface area contributed by atoms with E-state index in [1.807, 2.05) is 0 Å². The van der Waals surface area contributed by atoms with Crippen LogP contribution in [-0.2, 0) is 0 Å². The van der Waals surface area contributed by atoms with Crippen molar-refractivity contribution in [1.82, 2.24) is 14.8 Å². The van der Waals surface area contributed by atoms with Gasteiger partial charge in [0.25, 0.3) is 0 Å². The smallest absolute Gasteiger partial charge is 0.465 e. The van der Waals surface area contributed by atoms with Gasteiger partial charge in [-0.2, -0.15) is 0 Å². The Morgan fingerprint density at radius 3 is 2.52 bits per heavy atom. The molecule has 0 spiro atoms. The van der Waals surface area contributed by atoms with Crippen LogP contribution in [0.3, 0.4) is 0 Å². The van der Waals surface area contributed by atoms with Crippen molar-refractivity contribution in [3.8, 4) is 11.4 Å². The van der Waals surface area contributed by atoms with E-state index in [4.69, 9.17) is 16.7 Å². The van der Waals surface area contributed by atoms with Crippen molar-refractivity contribution in [2.45, 2.75) is 6.36 Å². The van der Waals surface area contributed by atoms with E-state index in [2.05, 4.69) is 20.1 Å². The van der Waals surface area contributed by atoms with Gasteiger partial charge in [-0.1, -0.05) is 23.7 Å². The van der Waals surface area contributed by atoms with Crippen LogP contribution in [0.4, 0.5) is 23.7 Å². The number of nitrogens with zero attached hydrogens (tertiary/aromatic N) is 3. The minimum absolute atomic E-state index is 0.231. The van der Waals surface area contributed by atoms with Crippen LogP contribution >= 0.6 is 11.6 Å². The number of halogens is 4. The Labute approximate surface area is 167 Å². The molecule has 0 unspecified atom stereocenters. The molecule has 0 aliphatic heterocycles. The van der Waals surface area contributed by atoms with Gasteiger partial charge in [-0.05, 0) is 48.0 Å². The number of aromatic nitrogens is 3. The standard InChI is InChI=1S/C18H12ClF3N4O3/c19-14-9-11(1-7-15(14)24-17(27)28)2-8-16-23-10-26(25-16)12-3-5-13(6-4-12)29-18(20,21)22/h1-10,24H,(H,27,28)/b8-2+. The summed E-state index contributed by atoms with van der Waals surface area (Å²) < 4.78 is 41.8. The van der Waals surface area contributed by atoms with Crippen molar-refractivity contribution in [3.63, 3.8) is 0 Å². The number of carboxylic acid groups (broad SMARTS) is 1. The maximum atomic E-state index is 12.2. The third-order valence-corrected chi connectivity index (χ3v) is 3.82. The van der Waals surface area contributed by atoms with Crippen molar-refractivity contribution in [2.75, 3.05) is 5.32 Å². The molecular formula is C18H12ClF3N4O3. The summed E-state index contributed by atoms with van der Waals surface area (Å²) in [6.07, 6.45) is -1.28. The Balaban J connectivity index is 1.70. The lowest BCUT2D eigenvalue weighted by molar-refractivity contribution is -0.274. The predicted octanol–water partition coefficient (Wildman–Crippen LogP) is 5.08. The number of carbonyl (C=O) groups is 1. The van der Waals surface area contributed by atoms with Gasteiger partial charge in [0.15, 0.2) is 5.82 Å². The molecule has 29 heavy (non-hydrogen) atoms. The normalized spacial score (nSPS) is 11.6. The van der Waals surface area contributed by atoms with Gasteiger partial charge in [0.1, 0.15) is 12.1 Å². The first-order chi connectivity index (χ1) is 13.7. The number of hydrogen-bond acceptors (Lipinski definition) is 4. The molecule has 1 heterocycles. The molecule has 150 valence electrons. The average molecular weight is 425 g/mol. The van der Waals surface area contributed by atoms with E-state index in [0.29, 0.717) is 17.1 Å². The quantitative estimate of drug-likeness (QED) is 0.596. The van der Waals surface area contributed by atoms with Gasteiger partial charge in [-0.15, -0.1) is 18.3 Å². The summed E-state index contributed by atoms with van der Waals surface area (Å²) in [6, 6.07) is 9.92. The molecule has 7 nitrogen and oxygen atoms in total. The van der Waals surface area contributed by atoms with Crippen LogP contribution in [0.5, 0.6) is 5.75 Å². The zero-order chi connectivity index (χ0) is 21.0. The highest BCUT2D eigenvalue weighted by molar-refractivity contribution is 6.33. The summed E-state index contributed by atoms with van der Waals surface area (Å²) in [4.78, 5) is 14.8. The highest BCUT2D eigenvalue weighted by atomic mass is 35.5. The summed E-state index contributed by atoms with van der Waals surface area (Å²) in [5, 5.41) is 15.3. The van der Waals surface area contributed by atoms with Gasteiger partial charge in [0, 0.05) is 0 Å². The molecule has 0 atom stereocenters. The summed E-state index contributed by atoms with van der Waals surface area (Å²) in [5.41, 5.74) is 1.45. The molecule has 3 rings (SSSR count). The van der Waals surface area contributed by atoms with Crippen LogP contribution < -0.4 is 10.1 Å². The van der Waals surface area contributed by atoms with Gasteiger partial charge >= 0.3 is 12.5 Å². The zero-order valence-corrected chi connectivity index (χ0v) is 15.1. The monoisotopic (exact) mass is 424 g/mol. The molecule has 1 amide bonds. The lowest BCUT2D eigenvalue weighted by Gasteiger charge is -2.09. The van der Waals surface area contributed by atoms with E-state index in [-0.39, 0.29) is 16.5 Å². The largest absolute Gasteiger partial charge is 0.573 e. The number of ether oxygens (including phenoxy) is 1. The summed E-state index contributed by atoms with van der Waals surface area (Å²) >= 11 is 6.02. The van der Waals surface area contributed by atoms with Crippen LogP contribution in [0.1, 0.15) is 11.4 Å². The van der Waals surface area contributed by atoms with Crippen molar-refractivity contribution in [1.29, 1.82) is 0 Å². The zero-order valence-electron chi connectivity index (χ0n) is 14.4. The first-order valence-corrected chi connectivity index (χ1v) is 8.33. The number of alkyl halides is 3. The second-order valence-electron chi connectivity index (χ2n) is 5.59. The third kappa shape index (κ3) is 5.72. The molecule has 0 saturated heterocycles. The Kier molecular flexibility index (Phi) is 5.74. The summed E-state index contributed by atoms with van der Waals surface area (Å²) in [6.45, 7) is 0. The molecule has 11 heteroatoms. The number of hydrogen-bond donors (Lipinski definition) is 2. The van der Waals surface area contributed by atoms with E-state index in [9.17, 15) is 18.0 Å². The minimum Gasteiger partial charge on any atom is -0.465 e. The molecular weight excluding hydrogens is 413 g/mol. The second-order valence-corrected chi connectivity index (χ2v) is 6.00. The van der Waals surface area contributed by atoms with E-state index < -0.39 is 12.5 Å². The van der Waals surface area contributed by atoms with E-state index in [0.717, 1.165) is 0 Å². The third-order valence-electron chi connectivity index (χ3n) is 3.50. The maximum Gasteiger partial charge on any atom is 0.573 e. The average Bonchev–Trinajstić information content (AvgIpc) is 3.10. The fourth-order valence-electron chi connectivity index (χ4n) is 2.30. The second kappa shape index (κ2) is 8.23. The van der Waals surface area contributed by atoms with Gasteiger partial charge in [-0.25, -0.2) is 14.5 Å². The van der Waals surface area contributed by atoms with Crippen molar-refractivity contribution < 1.29 is 27.8 Å². The molecule has 0 aliphatic carbocycles. The SMILES string of the molecule is O=C(O)Nc1ccc(/C=C/c2ncn(-c3ccc(OC(F)(F)F)cc3)n2)cc1Cl. The number of nitrogens with one attached hydrogen (secondary N) is 1. The van der Waals surface area contributed by atoms with E-state index >= 15 is 0 Å². The Morgan fingerprint density at radius 1 is 1.17 bits per heavy atom. The molecule has 0 fully saturated rings. The summed E-state index contributed by atoms with van der Waals surface area (Å²) in [7, 11) is 0.